The van der Waals surface area contributed by atoms with Gasteiger partial charge in [0.1, 0.15) is 30.5 Å². The van der Waals surface area contributed by atoms with Crippen LogP contribution in [0.3, 0.4) is 0 Å². The van der Waals surface area contributed by atoms with Gasteiger partial charge in [-0.05, 0) is 44.7 Å². The Kier molecular flexibility index (Phi) is 9.56. The third-order valence-electron chi connectivity index (χ3n) is 10.1. The van der Waals surface area contributed by atoms with E-state index in [0.717, 1.165) is 20.7 Å². The van der Waals surface area contributed by atoms with Gasteiger partial charge in [-0.25, -0.2) is 0 Å². The number of ether oxygens (including phenoxy) is 2. The van der Waals surface area contributed by atoms with E-state index in [9.17, 15) is 9.90 Å². The summed E-state index contributed by atoms with van der Waals surface area (Å²) in [4.78, 5) is 14.8. The molecule has 1 aliphatic heterocycles. The summed E-state index contributed by atoms with van der Waals surface area (Å²) in [5.41, 5.74) is 0. The van der Waals surface area contributed by atoms with E-state index in [1.54, 1.807) is 0 Å². The van der Waals surface area contributed by atoms with Gasteiger partial charge in [-0.1, -0.05) is 163 Å². The van der Waals surface area contributed by atoms with Crippen LogP contribution in [-0.4, -0.2) is 63.8 Å². The zero-order chi connectivity index (χ0) is 35.2. The van der Waals surface area contributed by atoms with Crippen LogP contribution in [0, 0.1) is 0 Å². The maximum absolute atomic E-state index is 14.8. The first kappa shape index (κ1) is 35.6. The topological polar surface area (TPSA) is 74.2 Å². The summed E-state index contributed by atoms with van der Waals surface area (Å²) in [7, 11) is -6.42. The number of ketones is 1. The monoisotopic (exact) mass is 694 g/mol. The number of Topliss-reactive ketones (excluding diaryl/α,β-unsaturated/α-hetero) is 1. The first-order valence-corrected chi connectivity index (χ1v) is 21.1. The molecule has 6 rings (SSSR count). The molecule has 6 nitrogen and oxygen atoms in total. The van der Waals surface area contributed by atoms with E-state index in [1.165, 1.54) is 0 Å². The third kappa shape index (κ3) is 6.22. The van der Waals surface area contributed by atoms with Crippen molar-refractivity contribution < 1.29 is 28.2 Å². The fourth-order valence-corrected chi connectivity index (χ4v) is 17.3. The van der Waals surface area contributed by atoms with Crippen molar-refractivity contribution >= 4 is 43.2 Å². The number of carbonyl (C=O) groups is 1. The minimum Gasteiger partial charge on any atom is -0.399 e. The van der Waals surface area contributed by atoms with Gasteiger partial charge in [0.05, 0.1) is 0 Å². The molecule has 2 fully saturated rings. The second kappa shape index (κ2) is 13.2. The smallest absolute Gasteiger partial charge is 0.262 e. The van der Waals surface area contributed by atoms with Crippen LogP contribution >= 0.6 is 0 Å². The highest BCUT2D eigenvalue weighted by Gasteiger charge is 2.64. The Hall–Kier alpha value is -3.22. The Morgan fingerprint density at radius 2 is 0.898 bits per heavy atom. The quantitative estimate of drug-likeness (QED) is 0.251. The predicted molar refractivity (Wildman–Crippen MR) is 200 cm³/mol. The summed E-state index contributed by atoms with van der Waals surface area (Å²) in [5, 5.41) is 15.6. The van der Waals surface area contributed by atoms with Crippen LogP contribution in [0.2, 0.25) is 10.1 Å². The molecule has 0 aromatic heterocycles. The minimum absolute atomic E-state index is 0.384. The molecule has 1 saturated carbocycles. The van der Waals surface area contributed by atoms with E-state index in [-0.39, 0.29) is 5.04 Å². The standard InChI is InChI=1S/C41H50O6Si2/c1-39(2,3)48(29-21-13-9-14-22-29,30-23-15-10-16-24-30)46-35-33(42)34(43)36(38-37(35)44-41(7,8)45-38)47-49(40(4,5)6,31-25-17-11-18-26-31)32-27-19-12-20-28-32/h9-28,33,35-38,42H,1-8H3/t33-,35+,36-,37+,38-/m1/s1. The third-order valence-corrected chi connectivity index (χ3v) is 20.2. The fraction of sp³-hybridized carbons (Fsp3) is 0.390. The van der Waals surface area contributed by atoms with Gasteiger partial charge in [-0.2, -0.15) is 0 Å². The molecule has 0 amide bonds. The maximum atomic E-state index is 14.8. The summed E-state index contributed by atoms with van der Waals surface area (Å²) in [6.07, 6.45) is -5.18. The van der Waals surface area contributed by atoms with Crippen LogP contribution in [0.15, 0.2) is 121 Å². The van der Waals surface area contributed by atoms with E-state index in [4.69, 9.17) is 18.3 Å². The largest absolute Gasteiger partial charge is 0.399 e. The Labute approximate surface area is 293 Å². The molecular formula is C41H50O6Si2. The molecule has 1 N–H and O–H groups in total. The van der Waals surface area contributed by atoms with E-state index >= 15 is 0 Å². The highest BCUT2D eigenvalue weighted by atomic mass is 28.4. The molecule has 0 spiro atoms. The molecule has 1 heterocycles. The lowest BCUT2D eigenvalue weighted by atomic mass is 9.86. The van der Waals surface area contributed by atoms with Gasteiger partial charge >= 0.3 is 0 Å². The van der Waals surface area contributed by atoms with Crippen molar-refractivity contribution in [3.05, 3.63) is 121 Å². The summed E-state index contributed by atoms with van der Waals surface area (Å²) in [6.45, 7) is 16.8. The lowest BCUT2D eigenvalue weighted by Gasteiger charge is -2.50. The van der Waals surface area contributed by atoms with Crippen molar-refractivity contribution in [2.45, 2.75) is 102 Å². The zero-order valence-electron chi connectivity index (χ0n) is 29.9. The van der Waals surface area contributed by atoms with Crippen molar-refractivity contribution in [1.29, 1.82) is 0 Å². The molecule has 0 radical (unpaired) electrons. The number of aliphatic hydroxyl groups is 1. The van der Waals surface area contributed by atoms with Gasteiger partial charge in [0.15, 0.2) is 11.6 Å². The molecule has 2 aliphatic rings. The average Bonchev–Trinajstić information content (AvgIpc) is 3.40. The second-order valence-corrected chi connectivity index (χ2v) is 24.4. The van der Waals surface area contributed by atoms with Crippen LogP contribution in [-0.2, 0) is 23.1 Å². The first-order chi connectivity index (χ1) is 23.1. The van der Waals surface area contributed by atoms with Crippen molar-refractivity contribution in [3.63, 3.8) is 0 Å². The number of rotatable bonds is 8. The molecular weight excluding hydrogens is 645 g/mol. The number of carbonyl (C=O) groups excluding carboxylic acids is 1. The molecule has 0 unspecified atom stereocenters. The Morgan fingerprint density at radius 1 is 0.571 bits per heavy atom. The molecule has 1 saturated heterocycles. The SMILES string of the molecule is CC1(C)O[C@H]2[C@@H](O[Si](c3ccccc3)(c3ccccc3)C(C)(C)C)[C@H](O)C(=O)[C@@H](O[Si](c3ccccc3)(c3ccccc3)C(C)(C)C)[C@H]2O1. The van der Waals surface area contributed by atoms with E-state index in [0.29, 0.717) is 0 Å². The van der Waals surface area contributed by atoms with E-state index < -0.39 is 63.8 Å². The summed E-state index contributed by atoms with van der Waals surface area (Å²) in [5.74, 6) is -1.49. The number of hydrogen-bond donors (Lipinski definition) is 1. The highest BCUT2D eigenvalue weighted by Crippen LogP contribution is 2.46. The number of fused-ring (bicyclic) bond motifs is 1. The molecule has 1 aliphatic carbocycles. The molecule has 4 aromatic carbocycles. The minimum atomic E-state index is -3.22. The fourth-order valence-electron chi connectivity index (χ4n) is 8.01. The maximum Gasteiger partial charge on any atom is 0.262 e. The van der Waals surface area contributed by atoms with Crippen molar-refractivity contribution in [2.24, 2.45) is 0 Å². The molecule has 8 heteroatoms. The van der Waals surface area contributed by atoms with Crippen molar-refractivity contribution in [2.75, 3.05) is 0 Å². The predicted octanol–water partition coefficient (Wildman–Crippen LogP) is 5.34. The van der Waals surface area contributed by atoms with Gasteiger partial charge in [-0.3, -0.25) is 4.79 Å². The van der Waals surface area contributed by atoms with E-state index in [2.05, 4.69) is 90.1 Å². The zero-order valence-corrected chi connectivity index (χ0v) is 31.9. The van der Waals surface area contributed by atoms with Crippen LogP contribution in [0.5, 0.6) is 0 Å². The van der Waals surface area contributed by atoms with Gasteiger partial charge in [0.25, 0.3) is 16.6 Å². The van der Waals surface area contributed by atoms with Crippen LogP contribution in [0.25, 0.3) is 0 Å². The van der Waals surface area contributed by atoms with Gasteiger partial charge in [-0.15, -0.1) is 0 Å². The number of aliphatic hydroxyl groups excluding tert-OH is 1. The highest BCUT2D eigenvalue weighted by molar-refractivity contribution is 7.00. The van der Waals surface area contributed by atoms with Gasteiger partial charge in [0, 0.05) is 0 Å². The Balaban J connectivity index is 1.50. The van der Waals surface area contributed by atoms with Crippen LogP contribution in [0.1, 0.15) is 55.4 Å². The number of hydrogen-bond acceptors (Lipinski definition) is 6. The lowest BCUT2D eigenvalue weighted by Crippen LogP contribution is -2.74. The van der Waals surface area contributed by atoms with Crippen molar-refractivity contribution in [3.8, 4) is 0 Å². The summed E-state index contributed by atoms with van der Waals surface area (Å²) < 4.78 is 28.1. The Morgan fingerprint density at radius 3 is 1.24 bits per heavy atom. The molecule has 5 atom stereocenters. The van der Waals surface area contributed by atoms with Crippen LogP contribution in [0.4, 0.5) is 0 Å². The Bertz CT molecular complexity index is 1640. The lowest BCUT2D eigenvalue weighted by molar-refractivity contribution is -0.163. The average molecular weight is 695 g/mol. The van der Waals surface area contributed by atoms with Crippen molar-refractivity contribution in [1.82, 2.24) is 0 Å². The normalized spacial score (nSPS) is 24.4. The molecule has 0 bridgehead atoms. The molecule has 49 heavy (non-hydrogen) atoms. The second-order valence-electron chi connectivity index (χ2n) is 15.9. The van der Waals surface area contributed by atoms with E-state index in [1.807, 2.05) is 86.6 Å². The number of benzene rings is 4. The van der Waals surface area contributed by atoms with Gasteiger partial charge < -0.3 is 23.4 Å². The summed E-state index contributed by atoms with van der Waals surface area (Å²) in [6, 6.07) is 40.9. The molecule has 258 valence electrons. The van der Waals surface area contributed by atoms with Gasteiger partial charge in [0.2, 0.25) is 0 Å². The molecule has 4 aromatic rings. The summed E-state index contributed by atoms with van der Waals surface area (Å²) >= 11 is 0. The first-order valence-electron chi connectivity index (χ1n) is 17.3. The van der Waals surface area contributed by atoms with Crippen LogP contribution < -0.4 is 20.7 Å².